The van der Waals surface area contributed by atoms with Gasteiger partial charge < -0.3 is 16.2 Å². The number of nitrogen functional groups attached to an aromatic ring is 2. The zero-order valence-electron chi connectivity index (χ0n) is 7.14. The number of benzene rings is 1. The van der Waals surface area contributed by atoms with Crippen molar-refractivity contribution in [3.63, 3.8) is 0 Å². The Morgan fingerprint density at radius 2 is 1.93 bits per heavy atom. The van der Waals surface area contributed by atoms with Gasteiger partial charge in [0.1, 0.15) is 5.75 Å². The molecule has 0 saturated heterocycles. The molecular formula is C8H9F3N2O. The molecule has 1 rings (SSSR count). The van der Waals surface area contributed by atoms with Crippen LogP contribution in [0, 0.1) is 0 Å². The molecule has 0 aromatic heterocycles. The van der Waals surface area contributed by atoms with E-state index in [0.29, 0.717) is 5.69 Å². The largest absolute Gasteiger partial charge is 0.428 e. The Hall–Kier alpha value is -1.59. The molecule has 14 heavy (non-hydrogen) atoms. The maximum Gasteiger partial charge on any atom is 0.427 e. The molecule has 0 unspecified atom stereocenters. The van der Waals surface area contributed by atoms with E-state index >= 15 is 0 Å². The third-order valence-electron chi connectivity index (χ3n) is 1.45. The minimum atomic E-state index is -3.86. The summed E-state index contributed by atoms with van der Waals surface area (Å²) >= 11 is 0. The lowest BCUT2D eigenvalue weighted by atomic mass is 10.2. The van der Waals surface area contributed by atoms with Crippen LogP contribution in [0.2, 0.25) is 0 Å². The SMILES string of the molecule is Nc1ccc(OC(F)(F)CF)c(N)c1. The highest BCUT2D eigenvalue weighted by molar-refractivity contribution is 5.60. The molecule has 0 aliphatic carbocycles. The lowest BCUT2D eigenvalue weighted by molar-refractivity contribution is -0.186. The Balaban J connectivity index is 2.87. The third kappa shape index (κ3) is 2.45. The summed E-state index contributed by atoms with van der Waals surface area (Å²) in [5.74, 6) is -0.290. The van der Waals surface area contributed by atoms with Crippen LogP contribution < -0.4 is 16.2 Å². The Labute approximate surface area is 78.5 Å². The normalized spacial score (nSPS) is 11.4. The number of hydrogen-bond donors (Lipinski definition) is 2. The van der Waals surface area contributed by atoms with E-state index in [2.05, 4.69) is 4.74 Å². The Kier molecular flexibility index (Phi) is 2.73. The van der Waals surface area contributed by atoms with Gasteiger partial charge in [-0.25, -0.2) is 4.39 Å². The summed E-state index contributed by atoms with van der Waals surface area (Å²) in [6.45, 7) is -1.91. The molecular weight excluding hydrogens is 197 g/mol. The fraction of sp³-hybridized carbons (Fsp3) is 0.250. The number of halogens is 3. The number of hydrogen-bond acceptors (Lipinski definition) is 3. The van der Waals surface area contributed by atoms with Crippen molar-refractivity contribution in [1.82, 2.24) is 0 Å². The molecule has 0 amide bonds. The molecule has 0 bridgehead atoms. The Morgan fingerprint density at radius 1 is 1.29 bits per heavy atom. The van der Waals surface area contributed by atoms with Gasteiger partial charge >= 0.3 is 6.11 Å². The van der Waals surface area contributed by atoms with E-state index in [1.807, 2.05) is 0 Å². The molecule has 78 valence electrons. The topological polar surface area (TPSA) is 61.3 Å². The molecule has 0 aliphatic heterocycles. The van der Waals surface area contributed by atoms with Crippen molar-refractivity contribution >= 4 is 11.4 Å². The van der Waals surface area contributed by atoms with Gasteiger partial charge in [0.25, 0.3) is 0 Å². The van der Waals surface area contributed by atoms with Gasteiger partial charge in [-0.1, -0.05) is 0 Å². The second kappa shape index (κ2) is 3.65. The van der Waals surface area contributed by atoms with Gasteiger partial charge in [0.2, 0.25) is 0 Å². The number of alkyl halides is 3. The average molecular weight is 206 g/mol. The summed E-state index contributed by atoms with van der Waals surface area (Å²) in [7, 11) is 0. The smallest absolute Gasteiger partial charge is 0.427 e. The summed E-state index contributed by atoms with van der Waals surface area (Å²) in [6.07, 6.45) is -3.86. The number of ether oxygens (including phenoxy) is 1. The highest BCUT2D eigenvalue weighted by Gasteiger charge is 2.32. The molecule has 0 heterocycles. The molecule has 3 nitrogen and oxygen atoms in total. The van der Waals surface area contributed by atoms with E-state index in [0.717, 1.165) is 6.07 Å². The number of anilines is 2. The van der Waals surface area contributed by atoms with Gasteiger partial charge in [-0.05, 0) is 18.2 Å². The quantitative estimate of drug-likeness (QED) is 0.741. The van der Waals surface area contributed by atoms with Gasteiger partial charge in [-0.15, -0.1) is 0 Å². The molecule has 0 atom stereocenters. The number of nitrogens with two attached hydrogens (primary N) is 2. The molecule has 0 saturated carbocycles. The predicted octanol–water partition coefficient (Wildman–Crippen LogP) is 1.79. The Morgan fingerprint density at radius 3 is 2.43 bits per heavy atom. The first-order chi connectivity index (χ1) is 6.44. The van der Waals surface area contributed by atoms with Crippen molar-refractivity contribution in [1.29, 1.82) is 0 Å². The predicted molar refractivity (Wildman–Crippen MR) is 46.8 cm³/mol. The van der Waals surface area contributed by atoms with Crippen LogP contribution in [0.25, 0.3) is 0 Å². The van der Waals surface area contributed by atoms with Crippen LogP contribution in [0.1, 0.15) is 0 Å². The van der Waals surface area contributed by atoms with Gasteiger partial charge in [0.05, 0.1) is 5.69 Å². The van der Waals surface area contributed by atoms with Crippen LogP contribution >= 0.6 is 0 Å². The van der Waals surface area contributed by atoms with Crippen LogP contribution in [-0.2, 0) is 0 Å². The maximum absolute atomic E-state index is 12.4. The van der Waals surface area contributed by atoms with Gasteiger partial charge in [0.15, 0.2) is 6.67 Å². The molecule has 1 aromatic rings. The van der Waals surface area contributed by atoms with Crippen LogP contribution in [-0.4, -0.2) is 12.8 Å². The van der Waals surface area contributed by atoms with E-state index in [9.17, 15) is 13.2 Å². The summed E-state index contributed by atoms with van der Waals surface area (Å²) in [4.78, 5) is 0. The van der Waals surface area contributed by atoms with E-state index in [-0.39, 0.29) is 11.4 Å². The highest BCUT2D eigenvalue weighted by atomic mass is 19.3. The van der Waals surface area contributed by atoms with E-state index in [1.54, 1.807) is 0 Å². The zero-order chi connectivity index (χ0) is 10.8. The van der Waals surface area contributed by atoms with Crippen LogP contribution in [0.4, 0.5) is 24.5 Å². The first-order valence-electron chi connectivity index (χ1n) is 3.72. The second-order valence-corrected chi connectivity index (χ2v) is 2.67. The van der Waals surface area contributed by atoms with Crippen molar-refractivity contribution in [2.45, 2.75) is 6.11 Å². The van der Waals surface area contributed by atoms with Gasteiger partial charge in [-0.3, -0.25) is 0 Å². The second-order valence-electron chi connectivity index (χ2n) is 2.67. The first-order valence-corrected chi connectivity index (χ1v) is 3.72. The average Bonchev–Trinajstić information content (AvgIpc) is 2.10. The van der Waals surface area contributed by atoms with E-state index < -0.39 is 12.8 Å². The standard InChI is InChI=1S/C8H9F3N2O/c9-4-8(10,11)14-7-2-1-5(12)3-6(7)13/h1-3H,4,12-13H2. The minimum Gasteiger partial charge on any atom is -0.428 e. The Bertz CT molecular complexity index is 330. The van der Waals surface area contributed by atoms with Crippen LogP contribution in [0.5, 0.6) is 5.75 Å². The molecule has 6 heteroatoms. The summed E-state index contributed by atoms with van der Waals surface area (Å²) in [5.41, 5.74) is 10.9. The lowest BCUT2D eigenvalue weighted by Crippen LogP contribution is -2.27. The maximum atomic E-state index is 12.4. The molecule has 0 spiro atoms. The van der Waals surface area contributed by atoms with Crippen molar-refractivity contribution in [3.8, 4) is 5.75 Å². The molecule has 1 aromatic carbocycles. The zero-order valence-corrected chi connectivity index (χ0v) is 7.14. The fourth-order valence-corrected chi connectivity index (χ4v) is 0.848. The lowest BCUT2D eigenvalue weighted by Gasteiger charge is -2.15. The summed E-state index contributed by atoms with van der Waals surface area (Å²) in [5, 5.41) is 0. The summed E-state index contributed by atoms with van der Waals surface area (Å²) < 4.78 is 40.6. The van der Waals surface area contributed by atoms with Crippen molar-refractivity contribution in [2.24, 2.45) is 0 Å². The molecule has 4 N–H and O–H groups in total. The first kappa shape index (κ1) is 10.5. The van der Waals surface area contributed by atoms with E-state index in [4.69, 9.17) is 11.5 Å². The van der Waals surface area contributed by atoms with Crippen LogP contribution in [0.3, 0.4) is 0 Å². The van der Waals surface area contributed by atoms with Crippen molar-refractivity contribution in [3.05, 3.63) is 18.2 Å². The molecule has 0 fully saturated rings. The highest BCUT2D eigenvalue weighted by Crippen LogP contribution is 2.28. The minimum absolute atomic E-state index is 0.0573. The molecule has 0 aliphatic rings. The molecule has 0 radical (unpaired) electrons. The van der Waals surface area contributed by atoms with E-state index in [1.165, 1.54) is 12.1 Å². The fourth-order valence-electron chi connectivity index (χ4n) is 0.848. The van der Waals surface area contributed by atoms with Gasteiger partial charge in [-0.2, -0.15) is 8.78 Å². The van der Waals surface area contributed by atoms with Crippen LogP contribution in [0.15, 0.2) is 18.2 Å². The van der Waals surface area contributed by atoms with Gasteiger partial charge in [0, 0.05) is 5.69 Å². The van der Waals surface area contributed by atoms with Crippen molar-refractivity contribution < 1.29 is 17.9 Å². The number of rotatable bonds is 3. The van der Waals surface area contributed by atoms with Crippen molar-refractivity contribution in [2.75, 3.05) is 18.1 Å². The summed E-state index contributed by atoms with van der Waals surface area (Å²) in [6, 6.07) is 3.75. The monoisotopic (exact) mass is 206 g/mol. The third-order valence-corrected chi connectivity index (χ3v) is 1.45.